The summed E-state index contributed by atoms with van der Waals surface area (Å²) in [5.74, 6) is 0.0645. The number of nitro groups is 1. The van der Waals surface area contributed by atoms with Gasteiger partial charge >= 0.3 is 0 Å². The van der Waals surface area contributed by atoms with Crippen molar-refractivity contribution in [2.24, 2.45) is 5.92 Å². The van der Waals surface area contributed by atoms with E-state index in [4.69, 9.17) is 5.73 Å². The minimum Gasteiger partial charge on any atom is -0.393 e. The van der Waals surface area contributed by atoms with Crippen LogP contribution >= 0.6 is 0 Å². The lowest BCUT2D eigenvalue weighted by Crippen LogP contribution is -2.27. The maximum atomic E-state index is 11.6. The Morgan fingerprint density at radius 2 is 2.18 bits per heavy atom. The van der Waals surface area contributed by atoms with Crippen molar-refractivity contribution in [3.8, 4) is 0 Å². The molecule has 0 atom stereocenters. The van der Waals surface area contributed by atoms with Crippen LogP contribution in [0.25, 0.3) is 0 Å². The van der Waals surface area contributed by atoms with E-state index in [1.54, 1.807) is 0 Å². The van der Waals surface area contributed by atoms with E-state index in [1.807, 2.05) is 13.8 Å². The van der Waals surface area contributed by atoms with E-state index in [2.05, 4.69) is 5.32 Å². The van der Waals surface area contributed by atoms with Crippen LogP contribution in [-0.2, 0) is 0 Å². The summed E-state index contributed by atoms with van der Waals surface area (Å²) in [5, 5.41) is 13.3. The molecule has 1 rings (SSSR count). The third-order valence-electron chi connectivity index (χ3n) is 2.16. The van der Waals surface area contributed by atoms with Gasteiger partial charge in [0.05, 0.1) is 4.92 Å². The molecular formula is C11H15N3O3. The largest absolute Gasteiger partial charge is 0.393 e. The SMILES string of the molecule is CC(C)CNC(=O)c1ccc([N+](=O)[O-])c(N)c1. The Bertz CT molecular complexity index is 444. The van der Waals surface area contributed by atoms with E-state index >= 15 is 0 Å². The number of carbonyl (C=O) groups excluding carboxylic acids is 1. The van der Waals surface area contributed by atoms with Gasteiger partial charge in [-0.3, -0.25) is 14.9 Å². The number of nitrogens with two attached hydrogens (primary N) is 1. The van der Waals surface area contributed by atoms with Gasteiger partial charge in [-0.2, -0.15) is 0 Å². The average Bonchev–Trinajstić information content (AvgIpc) is 2.25. The summed E-state index contributed by atoms with van der Waals surface area (Å²) in [7, 11) is 0. The molecule has 0 aliphatic carbocycles. The summed E-state index contributed by atoms with van der Waals surface area (Å²) >= 11 is 0. The minimum absolute atomic E-state index is 0.00723. The van der Waals surface area contributed by atoms with Crippen LogP contribution in [0, 0.1) is 16.0 Å². The van der Waals surface area contributed by atoms with Crippen molar-refractivity contribution in [2.75, 3.05) is 12.3 Å². The second-order valence-electron chi connectivity index (χ2n) is 4.13. The molecule has 17 heavy (non-hydrogen) atoms. The smallest absolute Gasteiger partial charge is 0.292 e. The number of nitro benzene ring substituents is 1. The topological polar surface area (TPSA) is 98.3 Å². The number of nitrogens with zero attached hydrogens (tertiary/aromatic N) is 1. The highest BCUT2D eigenvalue weighted by Gasteiger charge is 2.14. The Balaban J connectivity index is 2.83. The first-order chi connectivity index (χ1) is 7.91. The van der Waals surface area contributed by atoms with E-state index in [0.29, 0.717) is 18.0 Å². The molecule has 0 aliphatic heterocycles. The van der Waals surface area contributed by atoms with Crippen molar-refractivity contribution in [2.45, 2.75) is 13.8 Å². The third-order valence-corrected chi connectivity index (χ3v) is 2.16. The van der Waals surface area contributed by atoms with Crippen LogP contribution in [0.4, 0.5) is 11.4 Å². The first kappa shape index (κ1) is 13.0. The van der Waals surface area contributed by atoms with Crippen LogP contribution in [0.1, 0.15) is 24.2 Å². The fourth-order valence-electron chi connectivity index (χ4n) is 1.26. The number of hydrogen-bond donors (Lipinski definition) is 2. The number of rotatable bonds is 4. The summed E-state index contributed by atoms with van der Waals surface area (Å²) in [5.41, 5.74) is 5.63. The molecule has 92 valence electrons. The summed E-state index contributed by atoms with van der Waals surface area (Å²) in [6, 6.07) is 3.94. The van der Waals surface area contributed by atoms with E-state index in [1.165, 1.54) is 18.2 Å². The summed E-state index contributed by atoms with van der Waals surface area (Å²) in [4.78, 5) is 21.6. The molecule has 0 spiro atoms. The van der Waals surface area contributed by atoms with Gasteiger partial charge in [0.1, 0.15) is 5.69 Å². The zero-order chi connectivity index (χ0) is 13.0. The van der Waals surface area contributed by atoms with Gasteiger partial charge in [-0.15, -0.1) is 0 Å². The van der Waals surface area contributed by atoms with Gasteiger partial charge in [0.25, 0.3) is 11.6 Å². The number of nitrogen functional groups attached to an aromatic ring is 1. The second-order valence-corrected chi connectivity index (χ2v) is 4.13. The Labute approximate surface area is 99.0 Å². The van der Waals surface area contributed by atoms with E-state index < -0.39 is 4.92 Å². The molecule has 0 aromatic heterocycles. The van der Waals surface area contributed by atoms with Gasteiger partial charge < -0.3 is 11.1 Å². The molecule has 0 saturated heterocycles. The molecule has 0 fully saturated rings. The fraction of sp³-hybridized carbons (Fsp3) is 0.364. The van der Waals surface area contributed by atoms with Crippen molar-refractivity contribution in [1.82, 2.24) is 5.32 Å². The van der Waals surface area contributed by atoms with Gasteiger partial charge in [-0.1, -0.05) is 13.8 Å². The van der Waals surface area contributed by atoms with Crippen molar-refractivity contribution in [1.29, 1.82) is 0 Å². The van der Waals surface area contributed by atoms with Crippen LogP contribution in [0.5, 0.6) is 0 Å². The zero-order valence-electron chi connectivity index (χ0n) is 9.77. The first-order valence-corrected chi connectivity index (χ1v) is 5.24. The Hall–Kier alpha value is -2.11. The number of anilines is 1. The van der Waals surface area contributed by atoms with E-state index in [9.17, 15) is 14.9 Å². The highest BCUT2D eigenvalue weighted by atomic mass is 16.6. The zero-order valence-corrected chi connectivity index (χ0v) is 9.77. The standard InChI is InChI=1S/C11H15N3O3/c1-7(2)6-13-11(15)8-3-4-10(14(16)17)9(12)5-8/h3-5,7H,6,12H2,1-2H3,(H,13,15). The van der Waals surface area contributed by atoms with E-state index in [-0.39, 0.29) is 17.3 Å². The maximum absolute atomic E-state index is 11.6. The molecule has 1 aromatic rings. The lowest BCUT2D eigenvalue weighted by Gasteiger charge is -2.08. The lowest BCUT2D eigenvalue weighted by molar-refractivity contribution is -0.383. The molecular weight excluding hydrogens is 222 g/mol. The van der Waals surface area contributed by atoms with Crippen molar-refractivity contribution < 1.29 is 9.72 Å². The van der Waals surface area contributed by atoms with Crippen LogP contribution in [0.15, 0.2) is 18.2 Å². The van der Waals surface area contributed by atoms with Gasteiger partial charge in [0.15, 0.2) is 0 Å². The predicted octanol–water partition coefficient (Wildman–Crippen LogP) is 1.56. The Kier molecular flexibility index (Phi) is 4.03. The van der Waals surface area contributed by atoms with Gasteiger partial charge in [-0.25, -0.2) is 0 Å². The Morgan fingerprint density at radius 1 is 1.53 bits per heavy atom. The van der Waals surface area contributed by atoms with Crippen LogP contribution < -0.4 is 11.1 Å². The van der Waals surface area contributed by atoms with Crippen LogP contribution in [0.2, 0.25) is 0 Å². The number of hydrogen-bond acceptors (Lipinski definition) is 4. The molecule has 0 unspecified atom stereocenters. The molecule has 0 heterocycles. The van der Waals surface area contributed by atoms with E-state index in [0.717, 1.165) is 0 Å². The summed E-state index contributed by atoms with van der Waals surface area (Å²) in [6.07, 6.45) is 0. The molecule has 1 amide bonds. The quantitative estimate of drug-likeness (QED) is 0.471. The molecule has 0 aliphatic rings. The normalized spacial score (nSPS) is 10.3. The number of nitrogens with one attached hydrogen (secondary N) is 1. The molecule has 0 saturated carbocycles. The maximum Gasteiger partial charge on any atom is 0.292 e. The number of carbonyl (C=O) groups is 1. The highest BCUT2D eigenvalue weighted by molar-refractivity contribution is 5.95. The van der Waals surface area contributed by atoms with Gasteiger partial charge in [0, 0.05) is 18.2 Å². The van der Waals surface area contributed by atoms with Gasteiger partial charge in [0.2, 0.25) is 0 Å². The van der Waals surface area contributed by atoms with Crippen LogP contribution in [-0.4, -0.2) is 17.4 Å². The second kappa shape index (κ2) is 5.29. The van der Waals surface area contributed by atoms with Gasteiger partial charge in [-0.05, 0) is 18.1 Å². The molecule has 3 N–H and O–H groups in total. The summed E-state index contributed by atoms with van der Waals surface area (Å²) in [6.45, 7) is 4.50. The van der Waals surface area contributed by atoms with Crippen LogP contribution in [0.3, 0.4) is 0 Å². The molecule has 0 bridgehead atoms. The fourth-order valence-corrected chi connectivity index (χ4v) is 1.26. The molecule has 6 nitrogen and oxygen atoms in total. The molecule has 0 radical (unpaired) electrons. The van der Waals surface area contributed by atoms with Crippen molar-refractivity contribution in [3.63, 3.8) is 0 Å². The minimum atomic E-state index is -0.578. The Morgan fingerprint density at radius 3 is 2.65 bits per heavy atom. The monoisotopic (exact) mass is 237 g/mol. The predicted molar refractivity (Wildman–Crippen MR) is 64.7 cm³/mol. The average molecular weight is 237 g/mol. The number of benzene rings is 1. The van der Waals surface area contributed by atoms with Crippen molar-refractivity contribution in [3.05, 3.63) is 33.9 Å². The lowest BCUT2D eigenvalue weighted by atomic mass is 10.1. The van der Waals surface area contributed by atoms with Crippen molar-refractivity contribution >= 4 is 17.3 Å². The highest BCUT2D eigenvalue weighted by Crippen LogP contribution is 2.21. The molecule has 6 heteroatoms. The summed E-state index contributed by atoms with van der Waals surface area (Å²) < 4.78 is 0. The number of amides is 1. The third kappa shape index (κ3) is 3.44. The first-order valence-electron chi connectivity index (χ1n) is 5.24. The molecule has 1 aromatic carbocycles.